The number of benzene rings is 2. The van der Waals surface area contributed by atoms with E-state index < -0.39 is 0 Å². The van der Waals surface area contributed by atoms with Gasteiger partial charge < -0.3 is 5.11 Å². The maximum Gasteiger partial charge on any atom is 0.0471 e. The van der Waals surface area contributed by atoms with Crippen LogP contribution in [0.15, 0.2) is 48.5 Å². The van der Waals surface area contributed by atoms with E-state index in [0.29, 0.717) is 0 Å². The maximum absolute atomic E-state index is 8.84. The molecule has 0 unspecified atom stereocenters. The Hall–Kier alpha value is -0.870. The van der Waals surface area contributed by atoms with Gasteiger partial charge in [0.1, 0.15) is 0 Å². The van der Waals surface area contributed by atoms with Crippen LogP contribution in [0, 0.1) is 3.57 Å². The van der Waals surface area contributed by atoms with Gasteiger partial charge in [-0.2, -0.15) is 0 Å². The van der Waals surface area contributed by atoms with E-state index in [0.717, 1.165) is 6.42 Å². The molecule has 0 saturated carbocycles. The summed E-state index contributed by atoms with van der Waals surface area (Å²) in [4.78, 5) is 0. The molecule has 0 atom stereocenters. The first-order chi connectivity index (χ1) is 7.79. The van der Waals surface area contributed by atoms with Crippen molar-refractivity contribution in [3.8, 4) is 11.1 Å². The molecule has 0 aliphatic rings. The van der Waals surface area contributed by atoms with E-state index in [1.807, 2.05) is 0 Å². The maximum atomic E-state index is 8.84. The van der Waals surface area contributed by atoms with Crippen molar-refractivity contribution < 1.29 is 5.11 Å². The molecule has 0 aliphatic heterocycles. The third-order valence-corrected chi connectivity index (χ3v) is 3.25. The Morgan fingerprint density at radius 1 is 0.812 bits per heavy atom. The molecule has 0 saturated heterocycles. The number of aliphatic hydroxyl groups excluding tert-OH is 1. The first-order valence-electron chi connectivity index (χ1n) is 5.25. The molecule has 0 fully saturated rings. The molecule has 0 radical (unpaired) electrons. The zero-order chi connectivity index (χ0) is 11.4. The zero-order valence-corrected chi connectivity index (χ0v) is 11.0. The predicted molar refractivity (Wildman–Crippen MR) is 75.4 cm³/mol. The Morgan fingerprint density at radius 2 is 1.31 bits per heavy atom. The number of rotatable bonds is 3. The standard InChI is InChI=1S/C14H13IO/c15-14-7-5-13(6-8-14)12-3-1-11(2-4-12)9-10-16/h1-8,16H,9-10H2. The summed E-state index contributed by atoms with van der Waals surface area (Å²) in [6, 6.07) is 16.8. The van der Waals surface area contributed by atoms with Gasteiger partial charge in [0.05, 0.1) is 0 Å². The van der Waals surface area contributed by atoms with Gasteiger partial charge in [0.25, 0.3) is 0 Å². The quantitative estimate of drug-likeness (QED) is 0.857. The highest BCUT2D eigenvalue weighted by molar-refractivity contribution is 14.1. The summed E-state index contributed by atoms with van der Waals surface area (Å²) in [5.41, 5.74) is 3.63. The minimum atomic E-state index is 0.211. The third kappa shape index (κ3) is 2.83. The minimum Gasteiger partial charge on any atom is -0.396 e. The molecule has 0 aromatic heterocycles. The molecule has 82 valence electrons. The van der Waals surface area contributed by atoms with Crippen molar-refractivity contribution in [2.45, 2.75) is 6.42 Å². The Morgan fingerprint density at radius 3 is 1.81 bits per heavy atom. The number of hydrogen-bond acceptors (Lipinski definition) is 1. The molecular weight excluding hydrogens is 311 g/mol. The van der Waals surface area contributed by atoms with Crippen molar-refractivity contribution in [2.75, 3.05) is 6.61 Å². The van der Waals surface area contributed by atoms with Crippen LogP contribution in [0.3, 0.4) is 0 Å². The Kier molecular flexibility index (Phi) is 3.96. The first kappa shape index (κ1) is 11.6. The second kappa shape index (κ2) is 5.46. The van der Waals surface area contributed by atoms with E-state index in [-0.39, 0.29) is 6.61 Å². The summed E-state index contributed by atoms with van der Waals surface area (Å²) < 4.78 is 1.25. The lowest BCUT2D eigenvalue weighted by Crippen LogP contribution is -1.89. The van der Waals surface area contributed by atoms with Crippen LogP contribution in [0.2, 0.25) is 0 Å². The zero-order valence-electron chi connectivity index (χ0n) is 8.86. The van der Waals surface area contributed by atoms with Crippen LogP contribution >= 0.6 is 22.6 Å². The van der Waals surface area contributed by atoms with Crippen LogP contribution in [0.25, 0.3) is 11.1 Å². The second-order valence-electron chi connectivity index (χ2n) is 3.68. The molecule has 2 rings (SSSR count). The highest BCUT2D eigenvalue weighted by Crippen LogP contribution is 2.20. The van der Waals surface area contributed by atoms with Crippen LogP contribution in [-0.2, 0) is 6.42 Å². The Bertz CT molecular complexity index is 445. The van der Waals surface area contributed by atoms with E-state index in [1.54, 1.807) is 0 Å². The van der Waals surface area contributed by atoms with Gasteiger partial charge in [0.2, 0.25) is 0 Å². The average Bonchev–Trinajstić information content (AvgIpc) is 2.32. The predicted octanol–water partition coefficient (Wildman–Crippen LogP) is 3.49. The fraction of sp³-hybridized carbons (Fsp3) is 0.143. The number of halogens is 1. The van der Waals surface area contributed by atoms with Gasteiger partial charge in [0, 0.05) is 10.2 Å². The van der Waals surface area contributed by atoms with Gasteiger partial charge in [-0.05, 0) is 57.8 Å². The van der Waals surface area contributed by atoms with Crippen LogP contribution in [-0.4, -0.2) is 11.7 Å². The molecule has 0 aliphatic carbocycles. The van der Waals surface area contributed by atoms with Crippen molar-refractivity contribution >= 4 is 22.6 Å². The Balaban J connectivity index is 2.24. The van der Waals surface area contributed by atoms with Crippen LogP contribution in [0.1, 0.15) is 5.56 Å². The van der Waals surface area contributed by atoms with Gasteiger partial charge >= 0.3 is 0 Å². The molecule has 2 heteroatoms. The van der Waals surface area contributed by atoms with Crippen molar-refractivity contribution in [3.63, 3.8) is 0 Å². The van der Waals surface area contributed by atoms with Crippen molar-refractivity contribution in [1.82, 2.24) is 0 Å². The van der Waals surface area contributed by atoms with Gasteiger partial charge in [-0.1, -0.05) is 36.4 Å². The highest BCUT2D eigenvalue weighted by Gasteiger charge is 1.97. The van der Waals surface area contributed by atoms with Crippen LogP contribution in [0.4, 0.5) is 0 Å². The third-order valence-electron chi connectivity index (χ3n) is 2.53. The lowest BCUT2D eigenvalue weighted by atomic mass is 10.0. The molecule has 16 heavy (non-hydrogen) atoms. The minimum absolute atomic E-state index is 0.211. The lowest BCUT2D eigenvalue weighted by Gasteiger charge is -2.03. The van der Waals surface area contributed by atoms with Gasteiger partial charge in [-0.25, -0.2) is 0 Å². The van der Waals surface area contributed by atoms with E-state index in [1.165, 1.54) is 20.3 Å². The fourth-order valence-corrected chi connectivity index (χ4v) is 1.99. The van der Waals surface area contributed by atoms with E-state index in [4.69, 9.17) is 5.11 Å². The van der Waals surface area contributed by atoms with E-state index in [9.17, 15) is 0 Å². The summed E-state index contributed by atoms with van der Waals surface area (Å²) in [7, 11) is 0. The van der Waals surface area contributed by atoms with Gasteiger partial charge in [-0.15, -0.1) is 0 Å². The summed E-state index contributed by atoms with van der Waals surface area (Å²) in [5.74, 6) is 0. The lowest BCUT2D eigenvalue weighted by molar-refractivity contribution is 0.299. The monoisotopic (exact) mass is 324 g/mol. The van der Waals surface area contributed by atoms with E-state index in [2.05, 4.69) is 71.1 Å². The smallest absolute Gasteiger partial charge is 0.0471 e. The molecular formula is C14H13IO. The second-order valence-corrected chi connectivity index (χ2v) is 4.92. The van der Waals surface area contributed by atoms with Gasteiger partial charge in [-0.3, -0.25) is 0 Å². The summed E-state index contributed by atoms with van der Waals surface area (Å²) >= 11 is 2.30. The summed E-state index contributed by atoms with van der Waals surface area (Å²) in [6.45, 7) is 0.211. The molecule has 1 nitrogen and oxygen atoms in total. The average molecular weight is 324 g/mol. The summed E-state index contributed by atoms with van der Waals surface area (Å²) in [6.07, 6.45) is 0.729. The van der Waals surface area contributed by atoms with E-state index >= 15 is 0 Å². The van der Waals surface area contributed by atoms with Gasteiger partial charge in [0.15, 0.2) is 0 Å². The highest BCUT2D eigenvalue weighted by atomic mass is 127. The molecule has 0 spiro atoms. The normalized spacial score (nSPS) is 10.4. The van der Waals surface area contributed by atoms with Crippen LogP contribution < -0.4 is 0 Å². The van der Waals surface area contributed by atoms with Crippen molar-refractivity contribution in [2.24, 2.45) is 0 Å². The van der Waals surface area contributed by atoms with Crippen molar-refractivity contribution in [1.29, 1.82) is 0 Å². The first-order valence-corrected chi connectivity index (χ1v) is 6.33. The molecule has 2 aromatic rings. The molecule has 0 bridgehead atoms. The largest absolute Gasteiger partial charge is 0.396 e. The SMILES string of the molecule is OCCc1ccc(-c2ccc(I)cc2)cc1. The van der Waals surface area contributed by atoms with Crippen LogP contribution in [0.5, 0.6) is 0 Å². The topological polar surface area (TPSA) is 20.2 Å². The molecule has 1 N–H and O–H groups in total. The Labute approximate surface area is 109 Å². The molecule has 0 amide bonds. The number of hydrogen-bond donors (Lipinski definition) is 1. The fourth-order valence-electron chi connectivity index (χ4n) is 1.64. The molecule has 2 aromatic carbocycles. The molecule has 0 heterocycles. The van der Waals surface area contributed by atoms with Crippen molar-refractivity contribution in [3.05, 3.63) is 57.7 Å². The number of aliphatic hydroxyl groups is 1. The summed E-state index contributed by atoms with van der Waals surface area (Å²) in [5, 5.41) is 8.84.